The van der Waals surface area contributed by atoms with Crippen molar-refractivity contribution in [2.75, 3.05) is 0 Å². The summed E-state index contributed by atoms with van der Waals surface area (Å²) in [6, 6.07) is 17.7. The molecule has 0 unspecified atom stereocenters. The zero-order chi connectivity index (χ0) is 16.4. The Morgan fingerprint density at radius 1 is 0.875 bits per heavy atom. The number of imidazole rings is 1. The van der Waals surface area contributed by atoms with Crippen LogP contribution in [-0.2, 0) is 0 Å². The van der Waals surface area contributed by atoms with Crippen LogP contribution in [0.25, 0.3) is 17.0 Å². The highest BCUT2D eigenvalue weighted by atomic mass is 19.1. The zero-order valence-corrected chi connectivity index (χ0v) is 12.6. The maximum atomic E-state index is 13.0. The Balaban J connectivity index is 1.84. The van der Waals surface area contributed by atoms with Crippen molar-refractivity contribution in [2.45, 2.75) is 0 Å². The molecule has 0 spiro atoms. The first-order chi connectivity index (χ1) is 11.8. The highest BCUT2D eigenvalue weighted by Gasteiger charge is 2.11. The van der Waals surface area contributed by atoms with Gasteiger partial charge in [-0.25, -0.2) is 9.37 Å². The van der Waals surface area contributed by atoms with Gasteiger partial charge in [0, 0.05) is 18.0 Å². The first-order valence-corrected chi connectivity index (χ1v) is 7.47. The van der Waals surface area contributed by atoms with E-state index in [1.807, 2.05) is 47.0 Å². The van der Waals surface area contributed by atoms with Crippen LogP contribution in [0.4, 0.5) is 4.39 Å². The molecule has 0 aliphatic carbocycles. The third-order valence-corrected chi connectivity index (χ3v) is 3.61. The minimum Gasteiger partial charge on any atom is -0.297 e. The number of aromatic nitrogens is 3. The monoisotopic (exact) mass is 313 g/mol. The Morgan fingerprint density at radius 3 is 2.50 bits per heavy atom. The summed E-state index contributed by atoms with van der Waals surface area (Å²) in [6.07, 6.45) is 3.68. The van der Waals surface area contributed by atoms with Gasteiger partial charge in [0.15, 0.2) is 5.82 Å². The number of halogens is 1. The second kappa shape index (κ2) is 5.98. The van der Waals surface area contributed by atoms with Gasteiger partial charge in [-0.05, 0) is 54.5 Å². The quantitative estimate of drug-likeness (QED) is 0.498. The van der Waals surface area contributed by atoms with Crippen LogP contribution in [0.2, 0.25) is 0 Å². The Kier molecular flexibility index (Phi) is 3.53. The molecule has 0 saturated carbocycles. The van der Waals surface area contributed by atoms with Crippen LogP contribution in [0.3, 0.4) is 0 Å². The van der Waals surface area contributed by atoms with Crippen molar-refractivity contribution in [1.82, 2.24) is 14.4 Å². The molecule has 4 rings (SSSR count). The predicted molar refractivity (Wildman–Crippen MR) is 90.8 cm³/mol. The fourth-order valence-corrected chi connectivity index (χ4v) is 2.47. The van der Waals surface area contributed by atoms with E-state index in [9.17, 15) is 4.39 Å². The molecule has 0 aliphatic heterocycles. The van der Waals surface area contributed by atoms with Crippen LogP contribution in [0, 0.1) is 17.7 Å². The number of benzene rings is 1. The summed E-state index contributed by atoms with van der Waals surface area (Å²) in [4.78, 5) is 9.01. The van der Waals surface area contributed by atoms with Gasteiger partial charge in [-0.3, -0.25) is 9.38 Å². The van der Waals surface area contributed by atoms with E-state index in [1.54, 1.807) is 18.3 Å². The van der Waals surface area contributed by atoms with Crippen LogP contribution in [-0.4, -0.2) is 14.4 Å². The number of pyridine rings is 2. The van der Waals surface area contributed by atoms with Gasteiger partial charge in [0.05, 0.1) is 5.52 Å². The molecule has 3 nitrogen and oxygen atoms in total. The average molecular weight is 313 g/mol. The summed E-state index contributed by atoms with van der Waals surface area (Å²) in [7, 11) is 0. The lowest BCUT2D eigenvalue weighted by Gasteiger charge is -1.98. The summed E-state index contributed by atoms with van der Waals surface area (Å²) in [5.74, 6) is 6.59. The van der Waals surface area contributed by atoms with E-state index in [2.05, 4.69) is 21.8 Å². The van der Waals surface area contributed by atoms with Gasteiger partial charge in [-0.15, -0.1) is 0 Å². The number of hydrogen-bond acceptors (Lipinski definition) is 2. The number of rotatable bonds is 1. The average Bonchev–Trinajstić information content (AvgIpc) is 3.01. The van der Waals surface area contributed by atoms with E-state index >= 15 is 0 Å². The fourth-order valence-electron chi connectivity index (χ4n) is 2.47. The Bertz CT molecular complexity index is 1050. The Hall–Kier alpha value is -3.45. The van der Waals surface area contributed by atoms with Gasteiger partial charge in [0.2, 0.25) is 0 Å². The summed E-state index contributed by atoms with van der Waals surface area (Å²) in [5, 5.41) is 0. The molecule has 0 aliphatic rings. The van der Waals surface area contributed by atoms with Crippen LogP contribution in [0.15, 0.2) is 73.1 Å². The number of hydrogen-bond donors (Lipinski definition) is 0. The van der Waals surface area contributed by atoms with Gasteiger partial charge in [-0.1, -0.05) is 18.1 Å². The normalized spacial score (nSPS) is 10.4. The molecule has 0 fully saturated rings. The topological polar surface area (TPSA) is 30.2 Å². The molecule has 0 amide bonds. The van der Waals surface area contributed by atoms with Crippen molar-refractivity contribution in [3.05, 3.63) is 90.1 Å². The van der Waals surface area contributed by atoms with Crippen molar-refractivity contribution in [2.24, 2.45) is 0 Å². The van der Waals surface area contributed by atoms with Gasteiger partial charge < -0.3 is 0 Å². The summed E-state index contributed by atoms with van der Waals surface area (Å²) in [5.41, 5.74) is 3.11. The van der Waals surface area contributed by atoms with Gasteiger partial charge in [-0.2, -0.15) is 0 Å². The first kappa shape index (κ1) is 14.2. The molecule has 114 valence electrons. The number of fused-ring (bicyclic) bond motifs is 1. The van der Waals surface area contributed by atoms with Crippen molar-refractivity contribution >= 4 is 5.52 Å². The van der Waals surface area contributed by atoms with E-state index in [-0.39, 0.29) is 5.82 Å². The first-order valence-electron chi connectivity index (χ1n) is 7.47. The molecular formula is C20H12FN3. The third-order valence-electron chi connectivity index (χ3n) is 3.61. The van der Waals surface area contributed by atoms with E-state index in [0.29, 0.717) is 5.69 Å². The molecule has 4 heteroatoms. The van der Waals surface area contributed by atoms with Gasteiger partial charge in [0.25, 0.3) is 0 Å². The third kappa shape index (κ3) is 2.64. The summed E-state index contributed by atoms with van der Waals surface area (Å²) < 4.78 is 14.9. The Labute approximate surface area is 138 Å². The van der Waals surface area contributed by atoms with Crippen LogP contribution < -0.4 is 0 Å². The fraction of sp³-hybridized carbons (Fsp3) is 0. The number of nitrogens with zero attached hydrogens (tertiary/aromatic N) is 3. The highest BCUT2D eigenvalue weighted by molar-refractivity contribution is 5.67. The molecule has 0 saturated heterocycles. The molecule has 0 radical (unpaired) electrons. The van der Waals surface area contributed by atoms with Crippen LogP contribution >= 0.6 is 0 Å². The predicted octanol–water partition coefficient (Wildman–Crippen LogP) is 3.94. The Morgan fingerprint density at radius 2 is 1.71 bits per heavy atom. The maximum absolute atomic E-state index is 13.0. The van der Waals surface area contributed by atoms with E-state index in [1.165, 1.54) is 12.1 Å². The lowest BCUT2D eigenvalue weighted by Crippen LogP contribution is -1.90. The minimum atomic E-state index is -0.273. The highest BCUT2D eigenvalue weighted by Crippen LogP contribution is 2.20. The molecule has 4 aromatic rings. The molecule has 3 heterocycles. The summed E-state index contributed by atoms with van der Waals surface area (Å²) >= 11 is 0. The largest absolute Gasteiger partial charge is 0.297 e. The SMILES string of the molecule is Fc1ccc(C#Cc2nc(-c3ccccn3)n3ccccc23)cc1. The van der Waals surface area contributed by atoms with Crippen molar-refractivity contribution in [3.63, 3.8) is 0 Å². The van der Waals surface area contributed by atoms with Crippen molar-refractivity contribution < 1.29 is 4.39 Å². The standard InChI is InChI=1S/C20H12FN3/c21-16-10-7-15(8-11-16)9-12-17-19-6-2-4-14-24(19)20(23-17)18-5-1-3-13-22-18/h1-8,10-11,13-14H. The zero-order valence-electron chi connectivity index (χ0n) is 12.6. The molecule has 0 atom stereocenters. The second-order valence-electron chi connectivity index (χ2n) is 5.21. The van der Waals surface area contributed by atoms with Crippen LogP contribution in [0.1, 0.15) is 11.3 Å². The molecule has 24 heavy (non-hydrogen) atoms. The lowest BCUT2D eigenvalue weighted by molar-refractivity contribution is 0.627. The smallest absolute Gasteiger partial charge is 0.164 e. The summed E-state index contributed by atoms with van der Waals surface area (Å²) in [6.45, 7) is 0. The lowest BCUT2D eigenvalue weighted by atomic mass is 10.2. The second-order valence-corrected chi connectivity index (χ2v) is 5.21. The minimum absolute atomic E-state index is 0.273. The van der Waals surface area contributed by atoms with E-state index in [4.69, 9.17) is 0 Å². The molecule has 3 aromatic heterocycles. The van der Waals surface area contributed by atoms with Gasteiger partial charge in [0.1, 0.15) is 17.2 Å². The maximum Gasteiger partial charge on any atom is 0.164 e. The molecule has 0 bridgehead atoms. The molecule has 1 aromatic carbocycles. The van der Waals surface area contributed by atoms with Crippen molar-refractivity contribution in [1.29, 1.82) is 0 Å². The van der Waals surface area contributed by atoms with Crippen molar-refractivity contribution in [3.8, 4) is 23.4 Å². The van der Waals surface area contributed by atoms with Crippen LogP contribution in [0.5, 0.6) is 0 Å². The van der Waals surface area contributed by atoms with E-state index in [0.717, 1.165) is 22.6 Å². The van der Waals surface area contributed by atoms with E-state index < -0.39 is 0 Å². The molecular weight excluding hydrogens is 301 g/mol. The van der Waals surface area contributed by atoms with Gasteiger partial charge >= 0.3 is 0 Å². The molecule has 0 N–H and O–H groups in total.